The van der Waals surface area contributed by atoms with E-state index < -0.39 is 6.36 Å². The molecule has 2 N–H and O–H groups in total. The molecular formula is C14H19F3N2O. The molecule has 1 atom stereocenters. The number of para-hydroxylation sites is 1. The standard InChI is InChI=1S/C14H19F3N2O/c1-19(10-5-4-6-10)12(9-18)11-7-2-3-8-13(11)20-14(15,16)17/h2-3,7-8,10,12H,4-6,9,18H2,1H3. The van der Waals surface area contributed by atoms with Crippen LogP contribution in [0.4, 0.5) is 13.2 Å². The predicted octanol–water partition coefficient (Wildman–Crippen LogP) is 3.07. The van der Waals surface area contributed by atoms with Crippen LogP contribution >= 0.6 is 0 Å². The molecule has 0 aliphatic heterocycles. The third-order valence-electron chi connectivity index (χ3n) is 3.87. The van der Waals surface area contributed by atoms with Gasteiger partial charge >= 0.3 is 6.36 Å². The third-order valence-corrected chi connectivity index (χ3v) is 3.87. The molecule has 0 aromatic heterocycles. The Morgan fingerprint density at radius 1 is 1.35 bits per heavy atom. The van der Waals surface area contributed by atoms with Crippen LogP contribution < -0.4 is 10.5 Å². The molecule has 6 heteroatoms. The Kier molecular flexibility index (Phi) is 4.55. The second-order valence-electron chi connectivity index (χ2n) is 5.09. The van der Waals surface area contributed by atoms with Crippen LogP contribution in [0, 0.1) is 0 Å². The molecule has 0 bridgehead atoms. The molecule has 1 saturated carbocycles. The fourth-order valence-electron chi connectivity index (χ4n) is 2.53. The van der Waals surface area contributed by atoms with E-state index in [9.17, 15) is 13.2 Å². The molecule has 1 unspecified atom stereocenters. The number of nitrogens with two attached hydrogens (primary N) is 1. The van der Waals surface area contributed by atoms with Gasteiger partial charge in [-0.2, -0.15) is 0 Å². The predicted molar refractivity (Wildman–Crippen MR) is 70.3 cm³/mol. The minimum absolute atomic E-state index is 0.165. The summed E-state index contributed by atoms with van der Waals surface area (Å²) in [6.45, 7) is 0.255. The molecule has 1 aromatic carbocycles. The molecule has 1 aromatic rings. The molecule has 0 radical (unpaired) electrons. The molecule has 0 amide bonds. The number of benzene rings is 1. The summed E-state index contributed by atoms with van der Waals surface area (Å²) >= 11 is 0. The SMILES string of the molecule is CN(C1CCC1)C(CN)c1ccccc1OC(F)(F)F. The number of hydrogen-bond donors (Lipinski definition) is 1. The van der Waals surface area contributed by atoms with Crippen LogP contribution in [-0.2, 0) is 0 Å². The Hall–Kier alpha value is -1.27. The van der Waals surface area contributed by atoms with E-state index in [1.54, 1.807) is 12.1 Å². The molecule has 0 heterocycles. The number of likely N-dealkylation sites (N-methyl/N-ethyl adjacent to an activating group) is 1. The van der Waals surface area contributed by atoms with Gasteiger partial charge in [-0.15, -0.1) is 13.2 Å². The van der Waals surface area contributed by atoms with Gasteiger partial charge in [-0.1, -0.05) is 24.6 Å². The van der Waals surface area contributed by atoms with Crippen molar-refractivity contribution in [2.24, 2.45) is 5.73 Å². The van der Waals surface area contributed by atoms with Gasteiger partial charge in [0.1, 0.15) is 5.75 Å². The molecule has 0 saturated heterocycles. The summed E-state index contributed by atoms with van der Waals surface area (Å²) in [5.74, 6) is -0.165. The van der Waals surface area contributed by atoms with Crippen LogP contribution in [-0.4, -0.2) is 30.9 Å². The van der Waals surface area contributed by atoms with Gasteiger partial charge in [0.15, 0.2) is 0 Å². The minimum atomic E-state index is -4.69. The zero-order chi connectivity index (χ0) is 14.8. The number of ether oxygens (including phenoxy) is 1. The Morgan fingerprint density at radius 2 is 2.00 bits per heavy atom. The summed E-state index contributed by atoms with van der Waals surface area (Å²) in [4.78, 5) is 2.06. The first-order valence-electron chi connectivity index (χ1n) is 6.69. The molecule has 2 rings (SSSR count). The Balaban J connectivity index is 2.24. The highest BCUT2D eigenvalue weighted by molar-refractivity contribution is 5.36. The van der Waals surface area contributed by atoms with Crippen molar-refractivity contribution < 1.29 is 17.9 Å². The van der Waals surface area contributed by atoms with Gasteiger partial charge in [0.05, 0.1) is 6.04 Å². The number of rotatable bonds is 5. The maximum absolute atomic E-state index is 12.5. The van der Waals surface area contributed by atoms with Crippen molar-refractivity contribution in [3.63, 3.8) is 0 Å². The van der Waals surface area contributed by atoms with Crippen molar-refractivity contribution in [3.05, 3.63) is 29.8 Å². The van der Waals surface area contributed by atoms with E-state index in [1.165, 1.54) is 12.1 Å². The van der Waals surface area contributed by atoms with Crippen LogP contribution in [0.1, 0.15) is 30.9 Å². The topological polar surface area (TPSA) is 38.5 Å². The van der Waals surface area contributed by atoms with Crippen LogP contribution in [0.3, 0.4) is 0 Å². The van der Waals surface area contributed by atoms with Crippen molar-refractivity contribution >= 4 is 0 Å². The van der Waals surface area contributed by atoms with Crippen LogP contribution in [0.2, 0.25) is 0 Å². The molecule has 3 nitrogen and oxygen atoms in total. The lowest BCUT2D eigenvalue weighted by Crippen LogP contribution is -2.42. The summed E-state index contributed by atoms with van der Waals surface area (Å²) < 4.78 is 41.5. The minimum Gasteiger partial charge on any atom is -0.405 e. The number of nitrogens with zero attached hydrogens (tertiary/aromatic N) is 1. The molecule has 1 aliphatic rings. The maximum Gasteiger partial charge on any atom is 0.573 e. The summed E-state index contributed by atoms with van der Waals surface area (Å²) in [6, 6.07) is 6.34. The second kappa shape index (κ2) is 6.01. The van der Waals surface area contributed by atoms with Gasteiger partial charge < -0.3 is 10.5 Å². The van der Waals surface area contributed by atoms with Crippen LogP contribution in [0.5, 0.6) is 5.75 Å². The number of hydrogen-bond acceptors (Lipinski definition) is 3. The van der Waals surface area contributed by atoms with Crippen molar-refractivity contribution in [1.82, 2.24) is 4.90 Å². The van der Waals surface area contributed by atoms with E-state index in [1.807, 2.05) is 7.05 Å². The third kappa shape index (κ3) is 3.43. The second-order valence-corrected chi connectivity index (χ2v) is 5.09. The van der Waals surface area contributed by atoms with Gasteiger partial charge in [-0.05, 0) is 26.0 Å². The number of alkyl halides is 3. The lowest BCUT2D eigenvalue weighted by atomic mass is 9.89. The summed E-state index contributed by atoms with van der Waals surface area (Å²) in [6.07, 6.45) is -1.40. The van der Waals surface area contributed by atoms with E-state index in [-0.39, 0.29) is 18.3 Å². The molecule has 112 valence electrons. The lowest BCUT2D eigenvalue weighted by Gasteiger charge is -2.40. The zero-order valence-corrected chi connectivity index (χ0v) is 11.4. The van der Waals surface area contributed by atoms with Crippen LogP contribution in [0.25, 0.3) is 0 Å². The largest absolute Gasteiger partial charge is 0.573 e. The highest BCUT2D eigenvalue weighted by Crippen LogP contribution is 2.36. The van der Waals surface area contributed by atoms with Crippen molar-refractivity contribution in [2.75, 3.05) is 13.6 Å². The first-order valence-corrected chi connectivity index (χ1v) is 6.69. The average molecular weight is 288 g/mol. The highest BCUT2D eigenvalue weighted by Gasteiger charge is 2.34. The highest BCUT2D eigenvalue weighted by atomic mass is 19.4. The van der Waals surface area contributed by atoms with E-state index in [4.69, 9.17) is 5.73 Å². The van der Waals surface area contributed by atoms with E-state index in [2.05, 4.69) is 9.64 Å². The number of halogens is 3. The first kappa shape index (κ1) is 15.1. The average Bonchev–Trinajstić information content (AvgIpc) is 2.28. The quantitative estimate of drug-likeness (QED) is 0.905. The smallest absolute Gasteiger partial charge is 0.405 e. The monoisotopic (exact) mass is 288 g/mol. The van der Waals surface area contributed by atoms with E-state index in [0.29, 0.717) is 11.6 Å². The molecule has 1 aliphatic carbocycles. The van der Waals surface area contributed by atoms with Gasteiger partial charge in [-0.3, -0.25) is 4.90 Å². The fraction of sp³-hybridized carbons (Fsp3) is 0.571. The van der Waals surface area contributed by atoms with E-state index >= 15 is 0 Å². The fourth-order valence-corrected chi connectivity index (χ4v) is 2.53. The molecular weight excluding hydrogens is 269 g/mol. The van der Waals surface area contributed by atoms with Crippen molar-refractivity contribution in [3.8, 4) is 5.75 Å². The van der Waals surface area contributed by atoms with Gasteiger partial charge in [0, 0.05) is 18.2 Å². The van der Waals surface area contributed by atoms with Crippen molar-refractivity contribution in [1.29, 1.82) is 0 Å². The van der Waals surface area contributed by atoms with Gasteiger partial charge in [0.2, 0.25) is 0 Å². The zero-order valence-electron chi connectivity index (χ0n) is 11.4. The van der Waals surface area contributed by atoms with Gasteiger partial charge in [0.25, 0.3) is 0 Å². The summed E-state index contributed by atoms with van der Waals surface area (Å²) in [5, 5.41) is 0. The first-order chi connectivity index (χ1) is 9.42. The maximum atomic E-state index is 12.5. The normalized spacial score (nSPS) is 17.9. The summed E-state index contributed by atoms with van der Waals surface area (Å²) in [7, 11) is 1.91. The summed E-state index contributed by atoms with van der Waals surface area (Å²) in [5.41, 5.74) is 6.26. The Labute approximate surface area is 116 Å². The Morgan fingerprint density at radius 3 is 2.50 bits per heavy atom. The molecule has 0 spiro atoms. The lowest BCUT2D eigenvalue weighted by molar-refractivity contribution is -0.275. The molecule has 1 fully saturated rings. The van der Waals surface area contributed by atoms with Crippen LogP contribution in [0.15, 0.2) is 24.3 Å². The van der Waals surface area contributed by atoms with E-state index in [0.717, 1.165) is 19.3 Å². The molecule has 20 heavy (non-hydrogen) atoms. The Bertz CT molecular complexity index is 446. The van der Waals surface area contributed by atoms with Gasteiger partial charge in [-0.25, -0.2) is 0 Å². The van der Waals surface area contributed by atoms with Crippen molar-refractivity contribution in [2.45, 2.75) is 37.7 Å².